The van der Waals surface area contributed by atoms with Crippen LogP contribution in [0.3, 0.4) is 0 Å². The number of azo groups is 1. The van der Waals surface area contributed by atoms with Gasteiger partial charge >= 0.3 is 0 Å². The van der Waals surface area contributed by atoms with Gasteiger partial charge in [-0.25, -0.2) is 13.7 Å². The smallest absolute Gasteiger partial charge is 0.296 e. The highest BCUT2D eigenvalue weighted by molar-refractivity contribution is 7.94. The normalized spacial score (nSPS) is 12.6. The molecule has 214 valence electrons. The summed E-state index contributed by atoms with van der Waals surface area (Å²) < 4.78 is 95.0. The molecule has 3 aromatic rings. The number of carbonyl (C=O) groups is 1. The average Bonchev–Trinajstić information content (AvgIpc) is 2.85. The average molecular weight is 636 g/mol. The number of benzene rings is 3. The second-order valence-corrected chi connectivity index (χ2v) is 13.0. The predicted octanol–water partition coefficient (Wildman–Crippen LogP) is 3.76. The number of nitrogens with one attached hydrogen (secondary N) is 1. The Hall–Kier alpha value is -3.47. The van der Waals surface area contributed by atoms with Gasteiger partial charge in [0.05, 0.1) is 32.4 Å². The maximum Gasteiger partial charge on any atom is 0.296 e. The molecule has 0 spiro atoms. The lowest BCUT2D eigenvalue weighted by Crippen LogP contribution is -2.08. The molecule has 5 N–H and O–H groups in total. The zero-order valence-electron chi connectivity index (χ0n) is 19.7. The van der Waals surface area contributed by atoms with Crippen molar-refractivity contribution in [3.63, 3.8) is 0 Å². The van der Waals surface area contributed by atoms with Gasteiger partial charge in [-0.15, -0.1) is 14.6 Å². The van der Waals surface area contributed by atoms with E-state index in [4.69, 9.17) is 5.26 Å². The largest absolute Gasteiger partial charge is 0.505 e. The van der Waals surface area contributed by atoms with Gasteiger partial charge in [-0.2, -0.15) is 16.8 Å². The summed E-state index contributed by atoms with van der Waals surface area (Å²) in [6, 6.07) is 5.33. The quantitative estimate of drug-likeness (QED) is 0.0699. The zero-order chi connectivity index (χ0) is 30.0. The first-order valence-corrected chi connectivity index (χ1v) is 15.3. The van der Waals surface area contributed by atoms with E-state index in [0.717, 1.165) is 37.3 Å². The van der Waals surface area contributed by atoms with Crippen molar-refractivity contribution in [1.82, 2.24) is 0 Å². The second-order valence-electron chi connectivity index (χ2n) is 7.54. The van der Waals surface area contributed by atoms with Gasteiger partial charge in [-0.05, 0) is 41.8 Å². The summed E-state index contributed by atoms with van der Waals surface area (Å²) >= 11 is 0.220. The Balaban J connectivity index is 2.35. The number of hydrogen-bond donors (Lipinski definition) is 5. The Morgan fingerprint density at radius 2 is 1.68 bits per heavy atom. The van der Waals surface area contributed by atoms with Gasteiger partial charge in [0.1, 0.15) is 16.3 Å². The molecule has 0 aliphatic heterocycles. The number of fused-ring (bicyclic) bond motifs is 1. The molecule has 1 amide bonds. The third kappa shape index (κ3) is 6.80. The van der Waals surface area contributed by atoms with Crippen LogP contribution < -0.4 is 5.32 Å². The molecule has 0 bridgehead atoms. The van der Waals surface area contributed by atoms with Crippen LogP contribution in [0.2, 0.25) is 0 Å². The Morgan fingerprint density at radius 3 is 2.23 bits per heavy atom. The Kier molecular flexibility index (Phi) is 8.98. The zero-order valence-corrected chi connectivity index (χ0v) is 23.0. The summed E-state index contributed by atoms with van der Waals surface area (Å²) in [6.07, 6.45) is 0. The fourth-order valence-electron chi connectivity index (χ4n) is 3.27. The molecule has 20 heteroatoms. The number of nitrogens with zero attached hydrogens (tertiary/aromatic N) is 2. The molecule has 0 fully saturated rings. The summed E-state index contributed by atoms with van der Waals surface area (Å²) in [5.41, 5.74) is -1.38. The van der Waals surface area contributed by atoms with E-state index in [-0.39, 0.29) is 33.4 Å². The van der Waals surface area contributed by atoms with Crippen molar-refractivity contribution in [1.29, 1.82) is 0 Å². The summed E-state index contributed by atoms with van der Waals surface area (Å²) in [5.74, 6) is -1.48. The van der Waals surface area contributed by atoms with E-state index in [1.165, 1.54) is 0 Å². The number of anilines is 1. The van der Waals surface area contributed by atoms with Crippen molar-refractivity contribution >= 4 is 75.9 Å². The molecule has 16 nitrogen and oxygen atoms in total. The minimum atomic E-state index is -5.06. The summed E-state index contributed by atoms with van der Waals surface area (Å²) in [7, 11) is -14.0. The Labute approximate surface area is 230 Å². The number of aromatic hydroxyl groups is 1. The van der Waals surface area contributed by atoms with Crippen molar-refractivity contribution in [3.8, 4) is 5.75 Å². The molecule has 3 rings (SSSR count). The molecule has 0 radical (unpaired) electrons. The third-order valence-corrected chi connectivity index (χ3v) is 8.58. The number of hydrogen-bond acceptors (Lipinski definition) is 14. The molecule has 0 heterocycles. The number of carbonyl (C=O) groups excluding carboxylic acids is 1. The van der Waals surface area contributed by atoms with Gasteiger partial charge in [-0.1, -0.05) is 11.6 Å². The fraction of sp³-hybridized carbons (Fsp3) is 0.0500. The van der Waals surface area contributed by atoms with Crippen molar-refractivity contribution in [3.05, 3.63) is 48.4 Å². The molecule has 0 aromatic heterocycles. The summed E-state index contributed by atoms with van der Waals surface area (Å²) in [4.78, 5) is 9.33. The SMILES string of the molecule is C=CS(=O)(=O)c1ccc(N=Nc2c(SOOO)cc3cc(S(=O)(=O)O)cc(NC(C)=O)c3c2O)c(S(=O)(=O)O)c1. The maximum atomic E-state index is 12.1. The monoisotopic (exact) mass is 635 g/mol. The number of phenols is 1. The predicted molar refractivity (Wildman–Crippen MR) is 138 cm³/mol. The standard InChI is InChI=1S/C20H17N3O13S4/c1-3-38(27,28)12-4-5-14(17(9-12)40(32,33)34)22-23-19-16(37-36-35-26)7-11-6-13(39(29,30)31)8-15(21-10(2)24)18(11)20(19)25/h3-9,25-26H,1H2,2H3,(H,21,24)(H,29,30,31)(H,32,33,34). The lowest BCUT2D eigenvalue weighted by Gasteiger charge is -2.14. The molecule has 0 saturated heterocycles. The minimum absolute atomic E-state index is 0.100. The van der Waals surface area contributed by atoms with Crippen LogP contribution in [-0.2, 0) is 44.2 Å². The van der Waals surface area contributed by atoms with E-state index in [9.17, 15) is 44.3 Å². The van der Waals surface area contributed by atoms with Gasteiger partial charge in [0, 0.05) is 17.7 Å². The molecule has 0 atom stereocenters. The van der Waals surface area contributed by atoms with E-state index >= 15 is 0 Å². The Morgan fingerprint density at radius 1 is 1.00 bits per heavy atom. The minimum Gasteiger partial charge on any atom is -0.505 e. The van der Waals surface area contributed by atoms with Crippen molar-refractivity contribution in [2.45, 2.75) is 26.5 Å². The molecular formula is C20H17N3O13S4. The van der Waals surface area contributed by atoms with Gasteiger partial charge in [-0.3, -0.25) is 13.9 Å². The molecule has 0 aliphatic rings. The summed E-state index contributed by atoms with van der Waals surface area (Å²) in [6.45, 7) is 4.20. The van der Waals surface area contributed by atoms with E-state index in [2.05, 4.69) is 31.5 Å². The second kappa shape index (κ2) is 11.6. The van der Waals surface area contributed by atoms with Crippen molar-refractivity contribution < 1.29 is 58.9 Å². The van der Waals surface area contributed by atoms with Crippen LogP contribution in [0, 0.1) is 0 Å². The highest BCUT2D eigenvalue weighted by atomic mass is 32.2. The van der Waals surface area contributed by atoms with Gasteiger partial charge in [0.2, 0.25) is 5.91 Å². The van der Waals surface area contributed by atoms with E-state index < -0.39 is 67.8 Å². The van der Waals surface area contributed by atoms with Gasteiger partial charge in [0.25, 0.3) is 20.2 Å². The lowest BCUT2D eigenvalue weighted by atomic mass is 10.1. The van der Waals surface area contributed by atoms with Crippen LogP contribution in [-0.4, -0.2) is 50.6 Å². The molecule has 3 aromatic carbocycles. The molecular weight excluding hydrogens is 618 g/mol. The fourth-order valence-corrected chi connectivity index (χ4v) is 5.76. The Bertz CT molecular complexity index is 1890. The van der Waals surface area contributed by atoms with E-state index in [0.29, 0.717) is 11.5 Å². The first kappa shape index (κ1) is 31.1. The van der Waals surface area contributed by atoms with Gasteiger partial charge < -0.3 is 10.4 Å². The molecule has 0 saturated carbocycles. The number of amides is 1. The van der Waals surface area contributed by atoms with Crippen LogP contribution in [0.5, 0.6) is 5.75 Å². The first-order chi connectivity index (χ1) is 18.5. The van der Waals surface area contributed by atoms with Crippen LogP contribution in [0.1, 0.15) is 6.92 Å². The maximum absolute atomic E-state index is 12.1. The summed E-state index contributed by atoms with van der Waals surface area (Å²) in [5, 5.41) is 33.1. The topological polar surface area (TPSA) is 256 Å². The lowest BCUT2D eigenvalue weighted by molar-refractivity contribution is -0.432. The van der Waals surface area contributed by atoms with Gasteiger partial charge in [0.15, 0.2) is 15.6 Å². The highest BCUT2D eigenvalue weighted by Crippen LogP contribution is 2.47. The highest BCUT2D eigenvalue weighted by Gasteiger charge is 2.23. The third-order valence-electron chi connectivity index (χ3n) is 4.90. The molecule has 0 unspecified atom stereocenters. The molecule has 40 heavy (non-hydrogen) atoms. The molecule has 0 aliphatic carbocycles. The van der Waals surface area contributed by atoms with Crippen LogP contribution in [0.15, 0.2) is 78.2 Å². The van der Waals surface area contributed by atoms with Crippen LogP contribution in [0.25, 0.3) is 10.8 Å². The van der Waals surface area contributed by atoms with Crippen LogP contribution >= 0.6 is 12.0 Å². The van der Waals surface area contributed by atoms with Crippen molar-refractivity contribution in [2.24, 2.45) is 10.2 Å². The van der Waals surface area contributed by atoms with E-state index in [1.54, 1.807) is 0 Å². The van der Waals surface area contributed by atoms with E-state index in [1.807, 2.05) is 0 Å². The first-order valence-electron chi connectivity index (χ1n) is 10.1. The number of phenolic OH excluding ortho intramolecular Hbond substituents is 1. The van der Waals surface area contributed by atoms with Crippen molar-refractivity contribution in [2.75, 3.05) is 5.32 Å². The number of sulfone groups is 1. The van der Waals surface area contributed by atoms with Crippen LogP contribution in [0.4, 0.5) is 17.1 Å². The number of rotatable bonds is 10.